The number of nitrogens with zero attached hydrogens (tertiary/aromatic N) is 4. The molecule has 1 aliphatic heterocycles. The van der Waals surface area contributed by atoms with Gasteiger partial charge in [-0.2, -0.15) is 9.40 Å². The number of fused-ring (bicyclic) bond motifs is 2. The minimum absolute atomic E-state index is 0.000866. The Morgan fingerprint density at radius 3 is 2.48 bits per heavy atom. The third-order valence-electron chi connectivity index (χ3n) is 7.47. The van der Waals surface area contributed by atoms with Crippen LogP contribution in [0.15, 0.2) is 65.3 Å². The van der Waals surface area contributed by atoms with Crippen molar-refractivity contribution in [1.82, 2.24) is 19.1 Å². The first-order valence-corrected chi connectivity index (χ1v) is 13.7. The Labute approximate surface area is 227 Å². The minimum atomic E-state index is -4.43. The van der Waals surface area contributed by atoms with Crippen molar-refractivity contribution in [3.63, 3.8) is 0 Å². The average Bonchev–Trinajstić information content (AvgIpc) is 3.36. The van der Waals surface area contributed by atoms with Crippen LogP contribution in [0.5, 0.6) is 5.75 Å². The lowest BCUT2D eigenvalue weighted by atomic mass is 9.65. The number of methoxy groups -OCH3 is 1. The van der Waals surface area contributed by atoms with E-state index in [0.29, 0.717) is 29.1 Å². The van der Waals surface area contributed by atoms with E-state index in [9.17, 15) is 26.0 Å². The van der Waals surface area contributed by atoms with Crippen molar-refractivity contribution in [2.45, 2.75) is 23.2 Å². The second-order valence-corrected chi connectivity index (χ2v) is 11.6. The van der Waals surface area contributed by atoms with Gasteiger partial charge in [-0.15, -0.1) is 0 Å². The van der Waals surface area contributed by atoms with Gasteiger partial charge < -0.3 is 4.74 Å². The molecule has 0 unspecified atom stereocenters. The van der Waals surface area contributed by atoms with Crippen molar-refractivity contribution < 1.29 is 30.7 Å². The fourth-order valence-electron chi connectivity index (χ4n) is 5.53. The fraction of sp³-hybridized carbons (Fsp3) is 0.214. The number of hydrogen-bond acceptors (Lipinski definition) is 5. The van der Waals surface area contributed by atoms with E-state index < -0.39 is 37.8 Å². The number of ether oxygens (including phenoxy) is 1. The highest BCUT2D eigenvalue weighted by molar-refractivity contribution is 7.89. The van der Waals surface area contributed by atoms with Gasteiger partial charge in [-0.25, -0.2) is 30.7 Å². The van der Waals surface area contributed by atoms with Crippen LogP contribution < -0.4 is 4.74 Å². The van der Waals surface area contributed by atoms with Crippen molar-refractivity contribution in [3.8, 4) is 11.4 Å². The van der Waals surface area contributed by atoms with E-state index in [1.54, 1.807) is 29.1 Å². The van der Waals surface area contributed by atoms with Gasteiger partial charge >= 0.3 is 0 Å². The van der Waals surface area contributed by atoms with Crippen LogP contribution in [0, 0.1) is 29.5 Å². The molecule has 2 aromatic heterocycles. The van der Waals surface area contributed by atoms with E-state index in [1.807, 2.05) is 6.08 Å². The number of halogens is 4. The second kappa shape index (κ2) is 9.56. The summed E-state index contributed by atoms with van der Waals surface area (Å²) in [6.45, 7) is -0.124. The molecular weight excluding hydrogens is 548 g/mol. The first-order valence-electron chi connectivity index (χ1n) is 12.2. The van der Waals surface area contributed by atoms with Crippen molar-refractivity contribution in [3.05, 3.63) is 107 Å². The molecule has 6 rings (SSSR count). The predicted octanol–water partition coefficient (Wildman–Crippen LogP) is 4.60. The maximum Gasteiger partial charge on any atom is 0.243 e. The molecule has 205 valence electrons. The van der Waals surface area contributed by atoms with Gasteiger partial charge in [0.25, 0.3) is 0 Å². The van der Waals surface area contributed by atoms with Gasteiger partial charge in [0.05, 0.1) is 35.8 Å². The maximum atomic E-state index is 14.0. The number of piperidine rings is 1. The molecule has 40 heavy (non-hydrogen) atoms. The summed E-state index contributed by atoms with van der Waals surface area (Å²) in [4.78, 5) is 3.47. The Hall–Kier alpha value is -4.03. The molecule has 0 spiro atoms. The van der Waals surface area contributed by atoms with Gasteiger partial charge in [-0.1, -0.05) is 5.57 Å². The molecule has 1 fully saturated rings. The lowest BCUT2D eigenvalue weighted by Gasteiger charge is -2.46. The summed E-state index contributed by atoms with van der Waals surface area (Å²) in [6.07, 6.45) is 8.62. The smallest absolute Gasteiger partial charge is 0.243 e. The van der Waals surface area contributed by atoms with Gasteiger partial charge in [0.2, 0.25) is 10.0 Å². The van der Waals surface area contributed by atoms with Gasteiger partial charge in [0.15, 0.2) is 17.5 Å². The van der Waals surface area contributed by atoms with E-state index >= 15 is 0 Å². The van der Waals surface area contributed by atoms with Crippen LogP contribution in [0.25, 0.3) is 11.8 Å². The van der Waals surface area contributed by atoms with Crippen molar-refractivity contribution >= 4 is 16.1 Å². The third kappa shape index (κ3) is 4.09. The van der Waals surface area contributed by atoms with Crippen LogP contribution in [0.1, 0.15) is 23.2 Å². The quantitative estimate of drug-likeness (QED) is 0.259. The highest BCUT2D eigenvalue weighted by Gasteiger charge is 2.49. The van der Waals surface area contributed by atoms with Crippen molar-refractivity contribution in [2.75, 3.05) is 20.2 Å². The maximum absolute atomic E-state index is 14.0. The number of rotatable bonds is 5. The molecule has 0 bridgehead atoms. The summed E-state index contributed by atoms with van der Waals surface area (Å²) >= 11 is 0. The number of hydrogen-bond donors (Lipinski definition) is 0. The van der Waals surface area contributed by atoms with Gasteiger partial charge in [-0.05, 0) is 66.9 Å². The average molecular weight is 570 g/mol. The Kier molecular flexibility index (Phi) is 6.26. The predicted molar refractivity (Wildman–Crippen MR) is 136 cm³/mol. The van der Waals surface area contributed by atoms with Crippen molar-refractivity contribution in [2.24, 2.45) is 0 Å². The SMILES string of the molecule is COc1ccn[c]c1[C@@]12Cc3cnn(-c4ccc(F)cc4)c3C=C1CCN(S(=O)(=O)c1cc(F)c(F)c(F)c1)C2. The standard InChI is InChI=1S/C28H21F4N4O3S/c1-39-26-6-8-33-15-22(26)28-13-17-14-34-36(20-4-2-19(29)3-5-20)25(17)10-18(28)7-9-35(16-28)40(37,38)21-11-23(30)27(32)24(31)12-21/h2-6,8,10-12,14H,7,9,13,16H2,1H3/t28-/m1/s1. The molecule has 0 amide bonds. The Morgan fingerprint density at radius 2 is 1.77 bits per heavy atom. The molecule has 1 radical (unpaired) electrons. The van der Waals surface area contributed by atoms with E-state index in [0.717, 1.165) is 21.1 Å². The zero-order valence-electron chi connectivity index (χ0n) is 21.0. The molecule has 1 atom stereocenters. The van der Waals surface area contributed by atoms with Crippen LogP contribution >= 0.6 is 0 Å². The van der Waals surface area contributed by atoms with Gasteiger partial charge in [0.1, 0.15) is 11.6 Å². The first kappa shape index (κ1) is 26.2. The van der Waals surface area contributed by atoms with Crippen molar-refractivity contribution in [1.29, 1.82) is 0 Å². The Balaban J connectivity index is 1.48. The lowest BCUT2D eigenvalue weighted by molar-refractivity contribution is 0.274. The zero-order chi connectivity index (χ0) is 28.2. The lowest BCUT2D eigenvalue weighted by Crippen LogP contribution is -2.52. The van der Waals surface area contributed by atoms with E-state index in [2.05, 4.69) is 16.3 Å². The van der Waals surface area contributed by atoms with E-state index in [-0.39, 0.29) is 31.7 Å². The Bertz CT molecular complexity index is 1750. The van der Waals surface area contributed by atoms with E-state index in [4.69, 9.17) is 4.74 Å². The molecule has 2 aliphatic rings. The molecular formula is C28H21F4N4O3S. The highest BCUT2D eigenvalue weighted by atomic mass is 32.2. The number of sulfonamides is 1. The molecule has 2 aromatic carbocycles. The summed E-state index contributed by atoms with van der Waals surface area (Å²) < 4.78 is 90.8. The summed E-state index contributed by atoms with van der Waals surface area (Å²) in [5.41, 5.74) is 2.56. The largest absolute Gasteiger partial charge is 0.496 e. The third-order valence-corrected chi connectivity index (χ3v) is 9.29. The summed E-state index contributed by atoms with van der Waals surface area (Å²) in [5.74, 6) is -4.87. The Morgan fingerprint density at radius 1 is 1.05 bits per heavy atom. The van der Waals surface area contributed by atoms with Crippen LogP contribution in [0.4, 0.5) is 17.6 Å². The summed E-state index contributed by atoms with van der Waals surface area (Å²) in [7, 11) is -2.95. The van der Waals surface area contributed by atoms with Crippen LogP contribution in [0.2, 0.25) is 0 Å². The zero-order valence-corrected chi connectivity index (χ0v) is 21.9. The fourth-order valence-corrected chi connectivity index (χ4v) is 7.05. The number of pyridine rings is 1. The number of benzene rings is 2. The van der Waals surface area contributed by atoms with E-state index in [1.165, 1.54) is 25.4 Å². The summed E-state index contributed by atoms with van der Waals surface area (Å²) in [5, 5.41) is 4.51. The van der Waals surface area contributed by atoms with Crippen LogP contribution in [-0.4, -0.2) is 47.7 Å². The van der Waals surface area contributed by atoms with Gasteiger partial charge in [0, 0.05) is 30.3 Å². The molecule has 1 saturated heterocycles. The molecule has 12 heteroatoms. The topological polar surface area (TPSA) is 77.3 Å². The number of aromatic nitrogens is 3. The molecule has 1 aliphatic carbocycles. The molecule has 7 nitrogen and oxygen atoms in total. The van der Waals surface area contributed by atoms with Gasteiger partial charge in [-0.3, -0.25) is 4.98 Å². The highest BCUT2D eigenvalue weighted by Crippen LogP contribution is 2.49. The molecule has 0 N–H and O–H groups in total. The normalized spacial score (nSPS) is 19.1. The monoisotopic (exact) mass is 569 g/mol. The minimum Gasteiger partial charge on any atom is -0.496 e. The molecule has 3 heterocycles. The molecule has 4 aromatic rings. The molecule has 0 saturated carbocycles. The summed E-state index contributed by atoms with van der Waals surface area (Å²) in [6, 6.07) is 8.50. The van der Waals surface area contributed by atoms with Crippen LogP contribution in [-0.2, 0) is 21.9 Å². The van der Waals surface area contributed by atoms with Crippen LogP contribution in [0.3, 0.4) is 0 Å². The first-order chi connectivity index (χ1) is 19.1. The second-order valence-electron chi connectivity index (χ2n) is 9.66.